The van der Waals surface area contributed by atoms with E-state index >= 15 is 0 Å². The summed E-state index contributed by atoms with van der Waals surface area (Å²) in [7, 11) is 0. The van der Waals surface area contributed by atoms with Crippen LogP contribution in [0.5, 0.6) is 0 Å². The average Bonchev–Trinajstić information content (AvgIpc) is 2.44. The number of allylic oxidation sites excluding steroid dienone is 2. The van der Waals surface area contributed by atoms with Crippen LogP contribution in [0.1, 0.15) is 6.42 Å². The molecule has 1 saturated carbocycles. The third kappa shape index (κ3) is 1.02. The predicted molar refractivity (Wildman–Crippen MR) is 45.0 cm³/mol. The van der Waals surface area contributed by atoms with E-state index in [-0.39, 0.29) is 28.4 Å². The van der Waals surface area contributed by atoms with Crippen molar-refractivity contribution in [1.82, 2.24) is 0 Å². The van der Waals surface area contributed by atoms with Gasteiger partial charge in [-0.25, -0.2) is 0 Å². The number of hydrogen-bond donors (Lipinski definition) is 0. The second kappa shape index (κ2) is 2.49. The number of halogens is 2. The van der Waals surface area contributed by atoms with Gasteiger partial charge in [-0.2, -0.15) is 0 Å². The van der Waals surface area contributed by atoms with E-state index in [0.29, 0.717) is 0 Å². The predicted octanol–water partition coefficient (Wildman–Crippen LogP) is 1.98. The fourth-order valence-corrected chi connectivity index (χ4v) is 2.47. The highest BCUT2D eigenvalue weighted by molar-refractivity contribution is 6.41. The first kappa shape index (κ1) is 7.63. The number of carbonyl (C=O) groups is 1. The molecule has 2 aliphatic carbocycles. The van der Waals surface area contributed by atoms with Crippen LogP contribution in [0.2, 0.25) is 0 Å². The number of rotatable bonds is 0. The maximum Gasteiger partial charge on any atom is 0.169 e. The van der Waals surface area contributed by atoms with Crippen LogP contribution in [0.3, 0.4) is 0 Å². The molecule has 2 rings (SSSR count). The van der Waals surface area contributed by atoms with Crippen LogP contribution in [0.25, 0.3) is 0 Å². The molecule has 0 unspecified atom stereocenters. The monoisotopic (exact) mass is 190 g/mol. The Morgan fingerprint density at radius 2 is 1.64 bits per heavy atom. The number of fused-ring (bicyclic) bond motifs is 2. The molecule has 2 bridgehead atoms. The Morgan fingerprint density at radius 3 is 2.09 bits per heavy atom. The van der Waals surface area contributed by atoms with Crippen molar-refractivity contribution in [2.75, 3.05) is 0 Å². The number of hydrogen-bond acceptors (Lipinski definition) is 1. The summed E-state index contributed by atoms with van der Waals surface area (Å²) in [5.41, 5.74) is 0. The van der Waals surface area contributed by atoms with Crippen molar-refractivity contribution in [3.63, 3.8) is 0 Å². The van der Waals surface area contributed by atoms with Crippen LogP contribution in [0.4, 0.5) is 0 Å². The van der Waals surface area contributed by atoms with Gasteiger partial charge < -0.3 is 0 Å². The van der Waals surface area contributed by atoms with Crippen LogP contribution in [-0.4, -0.2) is 16.5 Å². The highest BCUT2D eigenvalue weighted by Gasteiger charge is 2.42. The highest BCUT2D eigenvalue weighted by atomic mass is 35.5. The molecule has 0 aromatic heterocycles. The lowest BCUT2D eigenvalue weighted by Gasteiger charge is -2.26. The van der Waals surface area contributed by atoms with Gasteiger partial charge in [0.2, 0.25) is 0 Å². The van der Waals surface area contributed by atoms with Crippen molar-refractivity contribution in [3.05, 3.63) is 12.2 Å². The van der Waals surface area contributed by atoms with Crippen LogP contribution < -0.4 is 0 Å². The summed E-state index contributed by atoms with van der Waals surface area (Å²) in [4.78, 5) is 11.3. The van der Waals surface area contributed by atoms with Gasteiger partial charge in [-0.1, -0.05) is 12.2 Å². The minimum absolute atomic E-state index is 0.000386. The van der Waals surface area contributed by atoms with Gasteiger partial charge >= 0.3 is 0 Å². The Morgan fingerprint density at radius 1 is 1.18 bits per heavy atom. The number of Topliss-reactive ketones (excluding diaryl/α,β-unsaturated/α-hetero) is 1. The molecule has 60 valence electrons. The van der Waals surface area contributed by atoms with Gasteiger partial charge in [-0.05, 0) is 6.42 Å². The van der Waals surface area contributed by atoms with Crippen LogP contribution >= 0.6 is 23.2 Å². The first-order valence-corrected chi connectivity index (χ1v) is 4.57. The summed E-state index contributed by atoms with van der Waals surface area (Å²) in [6, 6.07) is 0. The first-order chi connectivity index (χ1) is 5.20. The molecular weight excluding hydrogens is 183 g/mol. The lowest BCUT2D eigenvalue weighted by molar-refractivity contribution is -0.120. The minimum atomic E-state index is -0.382. The Balaban J connectivity index is 2.29. The summed E-state index contributed by atoms with van der Waals surface area (Å²) < 4.78 is 0. The second-order valence-corrected chi connectivity index (χ2v) is 4.09. The molecule has 2 aliphatic rings. The Kier molecular flexibility index (Phi) is 1.73. The molecule has 1 fully saturated rings. The van der Waals surface area contributed by atoms with Crippen LogP contribution in [0.15, 0.2) is 12.2 Å². The molecule has 4 atom stereocenters. The van der Waals surface area contributed by atoms with Crippen molar-refractivity contribution < 1.29 is 4.79 Å². The Bertz CT molecular complexity index is 204. The van der Waals surface area contributed by atoms with E-state index < -0.39 is 0 Å². The standard InChI is InChI=1S/C8H8Cl2O/c9-6-4-1-2-5(3-4)7(10)8(6)11/h1-2,4-7H,3H2/t4-,5-,6-,7-/m0/s1. The van der Waals surface area contributed by atoms with E-state index in [1.165, 1.54) is 0 Å². The molecule has 0 aliphatic heterocycles. The first-order valence-electron chi connectivity index (χ1n) is 3.70. The van der Waals surface area contributed by atoms with Gasteiger partial charge in [-0.15, -0.1) is 23.2 Å². The smallest absolute Gasteiger partial charge is 0.169 e. The van der Waals surface area contributed by atoms with Crippen molar-refractivity contribution in [1.29, 1.82) is 0 Å². The second-order valence-electron chi connectivity index (χ2n) is 3.15. The molecule has 11 heavy (non-hydrogen) atoms. The number of carbonyl (C=O) groups excluding carboxylic acids is 1. The van der Waals surface area contributed by atoms with Crippen LogP contribution in [-0.2, 0) is 4.79 Å². The van der Waals surface area contributed by atoms with Gasteiger partial charge in [0.15, 0.2) is 5.78 Å². The third-order valence-electron chi connectivity index (χ3n) is 2.45. The topological polar surface area (TPSA) is 17.1 Å². The normalized spacial score (nSPS) is 48.4. The van der Waals surface area contributed by atoms with Gasteiger partial charge in [0, 0.05) is 11.8 Å². The van der Waals surface area contributed by atoms with Gasteiger partial charge in [0.05, 0.1) is 10.8 Å². The summed E-state index contributed by atoms with van der Waals surface area (Å²) in [5, 5.41) is -0.764. The largest absolute Gasteiger partial charge is 0.296 e. The van der Waals surface area contributed by atoms with Crippen molar-refractivity contribution >= 4 is 29.0 Å². The van der Waals surface area contributed by atoms with Crippen molar-refractivity contribution in [2.24, 2.45) is 11.8 Å². The summed E-state index contributed by atoms with van der Waals surface area (Å²) in [5.74, 6) is 0.480. The third-order valence-corrected chi connectivity index (χ3v) is 3.52. The molecule has 0 saturated heterocycles. The van der Waals surface area contributed by atoms with Crippen molar-refractivity contribution in [3.8, 4) is 0 Å². The fraction of sp³-hybridized carbons (Fsp3) is 0.625. The van der Waals surface area contributed by atoms with E-state index in [0.717, 1.165) is 6.42 Å². The lowest BCUT2D eigenvalue weighted by atomic mass is 9.86. The zero-order valence-corrected chi connectivity index (χ0v) is 7.35. The van der Waals surface area contributed by atoms with Crippen molar-refractivity contribution in [2.45, 2.75) is 17.2 Å². The zero-order chi connectivity index (χ0) is 8.01. The summed E-state index contributed by atoms with van der Waals surface area (Å²) in [6.07, 6.45) is 4.99. The molecule has 0 amide bonds. The van der Waals surface area contributed by atoms with E-state index in [2.05, 4.69) is 0 Å². The summed E-state index contributed by atoms with van der Waals surface area (Å²) >= 11 is 11.7. The van der Waals surface area contributed by atoms with E-state index in [4.69, 9.17) is 23.2 Å². The maximum absolute atomic E-state index is 11.3. The minimum Gasteiger partial charge on any atom is -0.296 e. The van der Waals surface area contributed by atoms with Gasteiger partial charge in [0.25, 0.3) is 0 Å². The van der Waals surface area contributed by atoms with E-state index in [1.807, 2.05) is 12.2 Å². The molecular formula is C8H8Cl2O. The average molecular weight is 191 g/mol. The zero-order valence-electron chi connectivity index (χ0n) is 5.84. The quantitative estimate of drug-likeness (QED) is 0.422. The fourth-order valence-electron chi connectivity index (χ4n) is 1.76. The summed E-state index contributed by atoms with van der Waals surface area (Å²) in [6.45, 7) is 0. The Hall–Kier alpha value is -0.0100. The molecule has 0 N–H and O–H groups in total. The molecule has 0 radical (unpaired) electrons. The maximum atomic E-state index is 11.3. The lowest BCUT2D eigenvalue weighted by Crippen LogP contribution is -2.38. The van der Waals surface area contributed by atoms with E-state index in [1.54, 1.807) is 0 Å². The molecule has 1 nitrogen and oxygen atoms in total. The molecule has 0 heterocycles. The number of alkyl halides is 2. The molecule has 0 aromatic rings. The Labute approximate surface area is 75.4 Å². The molecule has 0 spiro atoms. The highest BCUT2D eigenvalue weighted by Crippen LogP contribution is 2.39. The number of ketones is 1. The molecule has 3 heteroatoms. The SMILES string of the molecule is O=C1[C@@H](Cl)[C@H]2C=C[C@@H](C2)[C@@H]1Cl. The molecule has 0 aromatic carbocycles. The van der Waals surface area contributed by atoms with Gasteiger partial charge in [0.1, 0.15) is 0 Å². The van der Waals surface area contributed by atoms with E-state index in [9.17, 15) is 4.79 Å². The van der Waals surface area contributed by atoms with Crippen LogP contribution in [0, 0.1) is 11.8 Å². The van der Waals surface area contributed by atoms with Gasteiger partial charge in [-0.3, -0.25) is 4.79 Å².